The van der Waals surface area contributed by atoms with Crippen molar-refractivity contribution in [1.29, 1.82) is 0 Å². The van der Waals surface area contributed by atoms with Gasteiger partial charge in [0.15, 0.2) is 0 Å². The second kappa shape index (κ2) is 7.04. The fraction of sp³-hybridized carbons (Fsp3) is 0.238. The molecule has 124 valence electrons. The number of methoxy groups -OCH3 is 1. The normalized spacial score (nSPS) is 11.0. The first-order valence-electron chi connectivity index (χ1n) is 8.17. The molecule has 3 heteroatoms. The highest BCUT2D eigenvalue weighted by Gasteiger charge is 2.19. The molecule has 0 saturated carbocycles. The lowest BCUT2D eigenvalue weighted by Crippen LogP contribution is -1.93. The number of benzene rings is 3. The first-order chi connectivity index (χ1) is 11.6. The Morgan fingerprint density at radius 3 is 2.00 bits per heavy atom. The highest BCUT2D eigenvalue weighted by Crippen LogP contribution is 2.46. The largest absolute Gasteiger partial charge is 0.494 e. The number of hydrogen-bond donors (Lipinski definition) is 0. The van der Waals surface area contributed by atoms with Gasteiger partial charge in [-0.25, -0.2) is 0 Å². The van der Waals surface area contributed by atoms with E-state index >= 15 is 0 Å². The predicted octanol–water partition coefficient (Wildman–Crippen LogP) is 6.95. The third kappa shape index (κ3) is 2.87. The molecule has 3 aromatic carbocycles. The van der Waals surface area contributed by atoms with Gasteiger partial charge in [-0.1, -0.05) is 73.4 Å². The molecule has 0 heterocycles. The zero-order valence-electron chi connectivity index (χ0n) is 14.1. The predicted molar refractivity (Wildman–Crippen MR) is 105 cm³/mol. The lowest BCUT2D eigenvalue weighted by molar-refractivity contribution is 0.420. The van der Waals surface area contributed by atoms with Gasteiger partial charge in [0, 0.05) is 10.9 Å². The first-order valence-corrected chi connectivity index (χ1v) is 8.93. The molecule has 0 spiro atoms. The van der Waals surface area contributed by atoms with Crippen LogP contribution in [0.1, 0.15) is 25.0 Å². The van der Waals surface area contributed by atoms with Crippen LogP contribution in [0.3, 0.4) is 0 Å². The van der Waals surface area contributed by atoms with Gasteiger partial charge in [-0.15, -0.1) is 0 Å². The molecule has 0 aliphatic carbocycles. The standard InChI is InChI=1S/C21H20Cl2O/c1-4-13-6-9-15(10-7-13)18-16-11-8-14(5-2)12-17(16)21(24-3)20(23)19(18)22/h6-12H,4-5H2,1-3H3. The van der Waals surface area contributed by atoms with Crippen molar-refractivity contribution in [2.75, 3.05) is 7.11 Å². The quantitative estimate of drug-likeness (QED) is 0.490. The molecule has 0 aliphatic rings. The maximum Gasteiger partial charge on any atom is 0.146 e. The van der Waals surface area contributed by atoms with Crippen LogP contribution in [-0.4, -0.2) is 7.11 Å². The maximum absolute atomic E-state index is 6.63. The lowest BCUT2D eigenvalue weighted by Gasteiger charge is -2.16. The Bertz CT molecular complexity index is 883. The van der Waals surface area contributed by atoms with Crippen molar-refractivity contribution in [3.63, 3.8) is 0 Å². The second-order valence-corrected chi connectivity index (χ2v) is 6.58. The van der Waals surface area contributed by atoms with Gasteiger partial charge in [-0.3, -0.25) is 0 Å². The summed E-state index contributed by atoms with van der Waals surface area (Å²) in [5, 5.41) is 3.06. The lowest BCUT2D eigenvalue weighted by atomic mass is 9.95. The Labute approximate surface area is 153 Å². The van der Waals surface area contributed by atoms with E-state index in [2.05, 4.69) is 56.3 Å². The maximum atomic E-state index is 6.63. The van der Waals surface area contributed by atoms with E-state index in [0.29, 0.717) is 15.8 Å². The number of fused-ring (bicyclic) bond motifs is 1. The molecule has 0 fully saturated rings. The minimum atomic E-state index is 0.467. The minimum absolute atomic E-state index is 0.467. The molecule has 3 aromatic rings. The van der Waals surface area contributed by atoms with E-state index in [9.17, 15) is 0 Å². The summed E-state index contributed by atoms with van der Waals surface area (Å²) < 4.78 is 5.55. The highest BCUT2D eigenvalue weighted by atomic mass is 35.5. The second-order valence-electron chi connectivity index (χ2n) is 5.82. The smallest absolute Gasteiger partial charge is 0.146 e. The van der Waals surface area contributed by atoms with Crippen molar-refractivity contribution in [3.05, 3.63) is 63.6 Å². The van der Waals surface area contributed by atoms with Gasteiger partial charge in [0.2, 0.25) is 0 Å². The van der Waals surface area contributed by atoms with E-state index in [1.165, 1.54) is 11.1 Å². The van der Waals surface area contributed by atoms with E-state index in [1.54, 1.807) is 7.11 Å². The first kappa shape index (κ1) is 17.1. The minimum Gasteiger partial charge on any atom is -0.494 e. The molecule has 0 N–H and O–H groups in total. The van der Waals surface area contributed by atoms with Crippen LogP contribution >= 0.6 is 23.2 Å². The fourth-order valence-corrected chi connectivity index (χ4v) is 3.62. The molecule has 0 atom stereocenters. The molecule has 24 heavy (non-hydrogen) atoms. The Morgan fingerprint density at radius 1 is 0.792 bits per heavy atom. The van der Waals surface area contributed by atoms with Crippen LogP contribution in [0.5, 0.6) is 5.75 Å². The van der Waals surface area contributed by atoms with Crippen molar-refractivity contribution in [1.82, 2.24) is 0 Å². The van der Waals surface area contributed by atoms with Crippen molar-refractivity contribution < 1.29 is 4.74 Å². The summed E-state index contributed by atoms with van der Waals surface area (Å²) in [6.45, 7) is 4.28. The third-order valence-electron chi connectivity index (χ3n) is 4.47. The van der Waals surface area contributed by atoms with Crippen molar-refractivity contribution >= 4 is 34.0 Å². The van der Waals surface area contributed by atoms with Crippen molar-refractivity contribution in [2.24, 2.45) is 0 Å². The zero-order valence-corrected chi connectivity index (χ0v) is 15.6. The van der Waals surface area contributed by atoms with Gasteiger partial charge in [0.25, 0.3) is 0 Å². The van der Waals surface area contributed by atoms with E-state index < -0.39 is 0 Å². The molecule has 3 rings (SSSR count). The average Bonchev–Trinajstić information content (AvgIpc) is 2.63. The number of rotatable bonds is 4. The molecule has 0 bridgehead atoms. The van der Waals surface area contributed by atoms with E-state index in [0.717, 1.165) is 34.7 Å². The number of aryl methyl sites for hydroxylation is 2. The molecule has 0 aliphatic heterocycles. The monoisotopic (exact) mass is 358 g/mol. The Kier molecular flexibility index (Phi) is 5.03. The summed E-state index contributed by atoms with van der Waals surface area (Å²) in [5.41, 5.74) is 4.57. The van der Waals surface area contributed by atoms with Crippen LogP contribution in [0, 0.1) is 0 Å². The van der Waals surface area contributed by atoms with Crippen LogP contribution < -0.4 is 4.74 Å². The molecular formula is C21H20Cl2O. The van der Waals surface area contributed by atoms with E-state index in [-0.39, 0.29) is 0 Å². The van der Waals surface area contributed by atoms with Gasteiger partial charge in [0.1, 0.15) is 10.8 Å². The number of halogens is 2. The SMILES string of the molecule is CCc1ccc(-c2c(Cl)c(Cl)c(OC)c3cc(CC)ccc23)cc1. The molecule has 0 saturated heterocycles. The third-order valence-corrected chi connectivity index (χ3v) is 5.31. The van der Waals surface area contributed by atoms with Crippen LogP contribution in [0.4, 0.5) is 0 Å². The topological polar surface area (TPSA) is 9.23 Å². The Morgan fingerprint density at radius 2 is 1.42 bits per heavy atom. The van der Waals surface area contributed by atoms with Crippen molar-refractivity contribution in [3.8, 4) is 16.9 Å². The summed E-state index contributed by atoms with van der Waals surface area (Å²) in [6, 6.07) is 14.9. The summed E-state index contributed by atoms with van der Waals surface area (Å²) in [4.78, 5) is 0. The van der Waals surface area contributed by atoms with Gasteiger partial charge < -0.3 is 4.74 Å². The van der Waals surface area contributed by atoms with Gasteiger partial charge in [0.05, 0.1) is 12.1 Å². The summed E-state index contributed by atoms with van der Waals surface area (Å²) in [5.74, 6) is 0.640. The summed E-state index contributed by atoms with van der Waals surface area (Å²) in [6.07, 6.45) is 1.97. The summed E-state index contributed by atoms with van der Waals surface area (Å²) >= 11 is 13.2. The average molecular weight is 359 g/mol. The van der Waals surface area contributed by atoms with Gasteiger partial charge in [-0.05, 0) is 41.0 Å². The molecular weight excluding hydrogens is 339 g/mol. The molecule has 1 nitrogen and oxygen atoms in total. The van der Waals surface area contributed by atoms with Crippen molar-refractivity contribution in [2.45, 2.75) is 26.7 Å². The summed E-state index contributed by atoms with van der Waals surface area (Å²) in [7, 11) is 1.63. The van der Waals surface area contributed by atoms with Crippen LogP contribution in [-0.2, 0) is 12.8 Å². The highest BCUT2D eigenvalue weighted by molar-refractivity contribution is 6.46. The molecule has 0 radical (unpaired) electrons. The zero-order chi connectivity index (χ0) is 17.3. The van der Waals surface area contributed by atoms with Gasteiger partial charge in [-0.2, -0.15) is 0 Å². The molecule has 0 amide bonds. The fourth-order valence-electron chi connectivity index (χ4n) is 3.05. The Hall–Kier alpha value is -1.70. The molecule has 0 aromatic heterocycles. The number of ether oxygens (including phenoxy) is 1. The number of hydrogen-bond acceptors (Lipinski definition) is 1. The molecule has 0 unspecified atom stereocenters. The van der Waals surface area contributed by atoms with E-state index in [1.807, 2.05) is 0 Å². The van der Waals surface area contributed by atoms with Crippen LogP contribution in [0.15, 0.2) is 42.5 Å². The van der Waals surface area contributed by atoms with Gasteiger partial charge >= 0.3 is 0 Å². The van der Waals surface area contributed by atoms with E-state index in [4.69, 9.17) is 27.9 Å². The van der Waals surface area contributed by atoms with Crippen LogP contribution in [0.2, 0.25) is 10.0 Å². The van der Waals surface area contributed by atoms with Crippen LogP contribution in [0.25, 0.3) is 21.9 Å². The Balaban J connectivity index is 2.36.